The number of fused-ring (bicyclic) bond motifs is 6. The van der Waals surface area contributed by atoms with E-state index in [2.05, 4.69) is 10.3 Å². The number of carbonyl (C=O) groups is 5. The molecule has 1 N–H and O–H groups in total. The number of carbonyl (C=O) groups excluding carboxylic acids is 5. The Labute approximate surface area is 319 Å². The predicted octanol–water partition coefficient (Wildman–Crippen LogP) is 5.12. The van der Waals surface area contributed by atoms with Crippen LogP contribution in [0.2, 0.25) is 0 Å². The van der Waals surface area contributed by atoms with Crippen LogP contribution < -0.4 is 11.0 Å². The number of hydrogen-bond donors (Lipinski definition) is 1. The minimum Gasteiger partial charge on any atom is -0.463 e. The van der Waals surface area contributed by atoms with Gasteiger partial charge in [0.15, 0.2) is 18.3 Å². The van der Waals surface area contributed by atoms with Gasteiger partial charge in [-0.25, -0.2) is 4.79 Å². The Balaban J connectivity index is 1.36. The standard InChI is InChI=1S/C41H39N3O12/c1-20(45)51-19-33-32(52-21(2)46)18-35(56-33)44-15-14-34(43-41(44)50)42-37-36-29(38(53-22(3)47)40(55-24(5)49)39(37)54-23(4)48)13-12-27-16-26-11-10-25-8-6-7-9-28(25)30(26)17-31(27)36/h6-17,32-33,35,37-40H,18-19H2,1-5H3,(H,42,43,50)/t32-,33+,35+,37+,38-,39-,40+/m0/s1. The fourth-order valence-corrected chi connectivity index (χ4v) is 7.71. The molecule has 15 heteroatoms. The van der Waals surface area contributed by atoms with Crippen molar-refractivity contribution in [3.05, 3.63) is 94.5 Å². The predicted molar refractivity (Wildman–Crippen MR) is 200 cm³/mol. The molecule has 0 radical (unpaired) electrons. The summed E-state index contributed by atoms with van der Waals surface area (Å²) in [6.45, 7) is 5.92. The maximum Gasteiger partial charge on any atom is 0.351 e. The Kier molecular flexibility index (Phi) is 10.4. The molecule has 7 rings (SSSR count). The van der Waals surface area contributed by atoms with Crippen LogP contribution in [0.3, 0.4) is 0 Å². The zero-order valence-corrected chi connectivity index (χ0v) is 31.2. The van der Waals surface area contributed by atoms with Crippen molar-refractivity contribution in [1.29, 1.82) is 0 Å². The molecular formula is C41H39N3O12. The van der Waals surface area contributed by atoms with E-state index in [1.807, 2.05) is 54.6 Å². The summed E-state index contributed by atoms with van der Waals surface area (Å²) in [5, 5.41) is 8.77. The van der Waals surface area contributed by atoms with Gasteiger partial charge in [-0.15, -0.1) is 0 Å². The second-order valence-electron chi connectivity index (χ2n) is 13.8. The molecule has 1 saturated heterocycles. The van der Waals surface area contributed by atoms with Crippen LogP contribution in [0.1, 0.15) is 70.5 Å². The maximum atomic E-state index is 13.7. The van der Waals surface area contributed by atoms with Crippen molar-refractivity contribution < 1.29 is 52.4 Å². The highest BCUT2D eigenvalue weighted by molar-refractivity contribution is 6.12. The Morgan fingerprint density at radius 2 is 1.39 bits per heavy atom. The van der Waals surface area contributed by atoms with Gasteiger partial charge in [0, 0.05) is 52.8 Å². The Morgan fingerprint density at radius 1 is 0.732 bits per heavy atom. The zero-order valence-electron chi connectivity index (χ0n) is 31.2. The molecule has 290 valence electrons. The minimum absolute atomic E-state index is 0.0705. The summed E-state index contributed by atoms with van der Waals surface area (Å²) in [5.74, 6) is -3.10. The lowest BCUT2D eigenvalue weighted by molar-refractivity contribution is -0.187. The lowest BCUT2D eigenvalue weighted by atomic mass is 9.78. The molecule has 0 amide bonds. The van der Waals surface area contributed by atoms with E-state index in [0.29, 0.717) is 11.1 Å². The monoisotopic (exact) mass is 765 g/mol. The zero-order chi connectivity index (χ0) is 39.8. The fourth-order valence-electron chi connectivity index (χ4n) is 7.71. The van der Waals surface area contributed by atoms with Gasteiger partial charge in [-0.1, -0.05) is 48.5 Å². The molecule has 0 bridgehead atoms. The number of hydrogen-bond acceptors (Lipinski definition) is 14. The first-order chi connectivity index (χ1) is 26.8. The van der Waals surface area contributed by atoms with Crippen molar-refractivity contribution in [3.8, 4) is 0 Å². The Bertz CT molecular complexity index is 2460. The third-order valence-electron chi connectivity index (χ3n) is 9.82. The number of anilines is 1. The van der Waals surface area contributed by atoms with Gasteiger partial charge in [0.2, 0.25) is 0 Å². The van der Waals surface area contributed by atoms with E-state index in [-0.39, 0.29) is 18.8 Å². The second-order valence-corrected chi connectivity index (χ2v) is 13.8. The van der Waals surface area contributed by atoms with Crippen LogP contribution >= 0.6 is 0 Å². The van der Waals surface area contributed by atoms with Crippen molar-refractivity contribution in [1.82, 2.24) is 9.55 Å². The number of benzene rings is 4. The number of ether oxygens (including phenoxy) is 6. The summed E-state index contributed by atoms with van der Waals surface area (Å²) in [4.78, 5) is 79.2. The van der Waals surface area contributed by atoms with Gasteiger partial charge >= 0.3 is 35.5 Å². The van der Waals surface area contributed by atoms with E-state index in [4.69, 9.17) is 28.4 Å². The number of esters is 5. The molecule has 1 aliphatic carbocycles. The molecule has 4 aromatic carbocycles. The van der Waals surface area contributed by atoms with Gasteiger partial charge in [0.25, 0.3) is 0 Å². The van der Waals surface area contributed by atoms with Crippen LogP contribution in [-0.4, -0.2) is 70.4 Å². The minimum atomic E-state index is -1.30. The molecule has 1 aliphatic heterocycles. The molecule has 0 unspecified atom stereocenters. The highest BCUT2D eigenvalue weighted by atomic mass is 16.6. The highest BCUT2D eigenvalue weighted by Crippen LogP contribution is 2.47. The molecule has 1 fully saturated rings. The van der Waals surface area contributed by atoms with Gasteiger partial charge in [-0.2, -0.15) is 4.98 Å². The average Bonchev–Trinajstić information content (AvgIpc) is 3.53. The molecule has 2 heterocycles. The summed E-state index contributed by atoms with van der Waals surface area (Å²) >= 11 is 0. The molecule has 0 saturated carbocycles. The van der Waals surface area contributed by atoms with E-state index in [1.54, 1.807) is 6.07 Å². The third-order valence-corrected chi connectivity index (χ3v) is 9.82. The molecule has 15 nitrogen and oxygen atoms in total. The van der Waals surface area contributed by atoms with Crippen molar-refractivity contribution >= 4 is 68.0 Å². The largest absolute Gasteiger partial charge is 0.463 e. The lowest BCUT2D eigenvalue weighted by Crippen LogP contribution is -2.50. The van der Waals surface area contributed by atoms with Crippen LogP contribution in [0.5, 0.6) is 0 Å². The van der Waals surface area contributed by atoms with Crippen LogP contribution in [0, 0.1) is 0 Å². The summed E-state index contributed by atoms with van der Waals surface area (Å²) in [6, 6.07) is 20.3. The van der Waals surface area contributed by atoms with Gasteiger partial charge in [0.05, 0.1) is 6.04 Å². The molecule has 2 aliphatic rings. The fraction of sp³-hybridized carbons (Fsp3) is 0.341. The van der Waals surface area contributed by atoms with Crippen LogP contribution in [0.15, 0.2) is 77.7 Å². The quantitative estimate of drug-likeness (QED) is 0.0901. The molecule has 5 aromatic rings. The van der Waals surface area contributed by atoms with Gasteiger partial charge < -0.3 is 33.7 Å². The molecule has 56 heavy (non-hydrogen) atoms. The number of aromatic nitrogens is 2. The van der Waals surface area contributed by atoms with E-state index >= 15 is 0 Å². The molecule has 7 atom stereocenters. The summed E-state index contributed by atoms with van der Waals surface area (Å²) in [6.07, 6.45) is -4.77. The molecule has 0 spiro atoms. The summed E-state index contributed by atoms with van der Waals surface area (Å²) in [7, 11) is 0. The second kappa shape index (κ2) is 15.4. The number of rotatable bonds is 9. The van der Waals surface area contributed by atoms with Crippen molar-refractivity contribution in [2.75, 3.05) is 11.9 Å². The maximum absolute atomic E-state index is 13.7. The number of nitrogens with zero attached hydrogens (tertiary/aromatic N) is 2. The first-order valence-electron chi connectivity index (χ1n) is 18.0. The normalized spacial score (nSPS) is 22.9. The summed E-state index contributed by atoms with van der Waals surface area (Å²) in [5.41, 5.74) is 0.322. The van der Waals surface area contributed by atoms with E-state index in [9.17, 15) is 28.8 Å². The first-order valence-corrected chi connectivity index (χ1v) is 18.0. The number of nitrogens with one attached hydrogen (secondary N) is 1. The van der Waals surface area contributed by atoms with Crippen LogP contribution in [-0.2, 0) is 52.4 Å². The van der Waals surface area contributed by atoms with Crippen LogP contribution in [0.4, 0.5) is 5.82 Å². The molecule has 1 aromatic heterocycles. The smallest absolute Gasteiger partial charge is 0.351 e. The van der Waals surface area contributed by atoms with Gasteiger partial charge in [0.1, 0.15) is 30.9 Å². The van der Waals surface area contributed by atoms with Crippen molar-refractivity contribution in [2.24, 2.45) is 0 Å². The van der Waals surface area contributed by atoms with E-state index < -0.39 is 78.3 Å². The van der Waals surface area contributed by atoms with E-state index in [1.165, 1.54) is 51.4 Å². The Hall–Kier alpha value is -6.35. The summed E-state index contributed by atoms with van der Waals surface area (Å²) < 4.78 is 35.2. The van der Waals surface area contributed by atoms with Gasteiger partial charge in [-0.05, 0) is 56.1 Å². The van der Waals surface area contributed by atoms with Crippen molar-refractivity contribution in [2.45, 2.75) is 83.8 Å². The van der Waals surface area contributed by atoms with E-state index in [0.717, 1.165) is 32.3 Å². The van der Waals surface area contributed by atoms with Crippen molar-refractivity contribution in [3.63, 3.8) is 0 Å². The Morgan fingerprint density at radius 3 is 2.09 bits per heavy atom. The first kappa shape index (κ1) is 37.9. The average molecular weight is 766 g/mol. The lowest BCUT2D eigenvalue weighted by Gasteiger charge is -2.42. The SMILES string of the molecule is CC(=O)OC[C@H]1O[C@@H](n2ccc(N[C@@H]3c4c(ccc5cc6ccc7ccccc7c6cc45)[C@H](OC(C)=O)[C@@H](OC(C)=O)[C@H]3OC(C)=O)nc2=O)C[C@@H]1OC(C)=O. The highest BCUT2D eigenvalue weighted by Gasteiger charge is 2.50. The third kappa shape index (κ3) is 7.62. The topological polar surface area (TPSA) is 188 Å². The van der Waals surface area contributed by atoms with Crippen LogP contribution in [0.25, 0.3) is 32.3 Å². The molecular weight excluding hydrogens is 726 g/mol. The van der Waals surface area contributed by atoms with Gasteiger partial charge in [-0.3, -0.25) is 28.5 Å².